The van der Waals surface area contributed by atoms with Gasteiger partial charge < -0.3 is 14.5 Å². The highest BCUT2D eigenvalue weighted by Gasteiger charge is 2.38. The van der Waals surface area contributed by atoms with Crippen molar-refractivity contribution in [3.05, 3.63) is 15.8 Å². The Bertz CT molecular complexity index is 898. The van der Waals surface area contributed by atoms with Crippen LogP contribution in [0.4, 0.5) is 5.69 Å². The van der Waals surface area contributed by atoms with Gasteiger partial charge in [0.05, 0.1) is 11.8 Å². The van der Waals surface area contributed by atoms with Crippen LogP contribution in [-0.4, -0.2) is 42.5 Å². The number of rotatable bonds is 6. The second kappa shape index (κ2) is 10.2. The molecule has 2 aliphatic rings. The zero-order valence-corrected chi connectivity index (χ0v) is 22.6. The van der Waals surface area contributed by atoms with Gasteiger partial charge in [-0.05, 0) is 68.8 Å². The van der Waals surface area contributed by atoms with E-state index in [1.54, 1.807) is 13.3 Å². The monoisotopic (exact) mass is 497 g/mol. The van der Waals surface area contributed by atoms with Crippen molar-refractivity contribution in [2.75, 3.05) is 18.2 Å². The SMILES string of the molecule is CC(C)(C)c1cc(N(C(=O)[C@H]2CC[C@H](C)CC2)[C@H]2CC[C@H](OP(C)(C)=O)CC2)c(C(=O)O)s1. The minimum atomic E-state index is -2.58. The maximum atomic E-state index is 13.9. The van der Waals surface area contributed by atoms with Crippen molar-refractivity contribution in [1.82, 2.24) is 0 Å². The molecule has 1 amide bonds. The van der Waals surface area contributed by atoms with E-state index in [-0.39, 0.29) is 34.3 Å². The van der Waals surface area contributed by atoms with Crippen LogP contribution in [-0.2, 0) is 19.3 Å². The van der Waals surface area contributed by atoms with Gasteiger partial charge in [-0.3, -0.25) is 9.36 Å². The maximum Gasteiger partial charge on any atom is 0.348 e. The summed E-state index contributed by atoms with van der Waals surface area (Å²) in [6.45, 7) is 11.7. The maximum absolute atomic E-state index is 13.9. The average molecular weight is 498 g/mol. The average Bonchev–Trinajstić information content (AvgIpc) is 3.14. The molecule has 33 heavy (non-hydrogen) atoms. The molecule has 1 heterocycles. The number of carbonyl (C=O) groups is 2. The number of carbonyl (C=O) groups excluding carboxylic acids is 1. The smallest absolute Gasteiger partial charge is 0.348 e. The third-order valence-corrected chi connectivity index (χ3v) is 9.26. The standard InChI is InChI=1S/C25H40NO5PS/c1-16-7-9-17(10-8-16)23(27)26(18-11-13-19(14-12-18)31-32(5,6)30)20-15-21(25(2,3)4)33-22(20)24(28)29/h15-19H,7-14H2,1-6H3,(H,28,29)/t16-,17-,18-,19-. The Morgan fingerprint density at radius 1 is 1.06 bits per heavy atom. The summed E-state index contributed by atoms with van der Waals surface area (Å²) in [7, 11) is -2.58. The number of amides is 1. The van der Waals surface area contributed by atoms with Crippen LogP contribution in [0, 0.1) is 11.8 Å². The molecule has 1 aromatic rings. The van der Waals surface area contributed by atoms with Gasteiger partial charge in [-0.25, -0.2) is 4.79 Å². The summed E-state index contributed by atoms with van der Waals surface area (Å²) in [5.41, 5.74) is 0.360. The molecule has 2 fully saturated rings. The summed E-state index contributed by atoms with van der Waals surface area (Å²) < 4.78 is 17.9. The largest absolute Gasteiger partial charge is 0.477 e. The van der Waals surface area contributed by atoms with E-state index >= 15 is 0 Å². The fourth-order valence-electron chi connectivity index (χ4n) is 5.05. The van der Waals surface area contributed by atoms with Gasteiger partial charge in [0.2, 0.25) is 5.91 Å². The summed E-state index contributed by atoms with van der Waals surface area (Å²) in [6.07, 6.45) is 6.62. The first-order valence-corrected chi connectivity index (χ1v) is 15.5. The van der Waals surface area contributed by atoms with E-state index in [1.807, 2.05) is 11.0 Å². The molecule has 0 atom stereocenters. The quantitative estimate of drug-likeness (QED) is 0.439. The molecule has 0 radical (unpaired) electrons. The highest BCUT2D eigenvalue weighted by atomic mass is 32.1. The summed E-state index contributed by atoms with van der Waals surface area (Å²) in [4.78, 5) is 29.2. The molecule has 2 saturated carbocycles. The normalized spacial score (nSPS) is 26.7. The number of hydrogen-bond donors (Lipinski definition) is 1. The number of thiophene rings is 1. The summed E-state index contributed by atoms with van der Waals surface area (Å²) >= 11 is 1.28. The van der Waals surface area contributed by atoms with Gasteiger partial charge in [0, 0.05) is 30.2 Å². The molecule has 0 unspecified atom stereocenters. The topological polar surface area (TPSA) is 83.9 Å². The van der Waals surface area contributed by atoms with Gasteiger partial charge in [0.1, 0.15) is 4.88 Å². The number of carboxylic acids is 1. The Morgan fingerprint density at radius 3 is 2.12 bits per heavy atom. The van der Waals surface area contributed by atoms with E-state index in [0.717, 1.165) is 56.2 Å². The molecule has 0 aliphatic heterocycles. The third kappa shape index (κ3) is 6.70. The molecule has 1 aromatic heterocycles. The molecule has 0 bridgehead atoms. The summed E-state index contributed by atoms with van der Waals surface area (Å²) in [5.74, 6) is -0.322. The fourth-order valence-corrected chi connectivity index (χ4v) is 7.02. The van der Waals surface area contributed by atoms with Crippen LogP contribution in [0.3, 0.4) is 0 Å². The van der Waals surface area contributed by atoms with Gasteiger partial charge >= 0.3 is 5.97 Å². The highest BCUT2D eigenvalue weighted by molar-refractivity contribution is 7.57. The van der Waals surface area contributed by atoms with Gasteiger partial charge in [0.25, 0.3) is 0 Å². The minimum Gasteiger partial charge on any atom is -0.477 e. The number of carboxylic acid groups (broad SMARTS) is 1. The Balaban J connectivity index is 1.94. The molecular weight excluding hydrogens is 457 g/mol. The molecule has 6 nitrogen and oxygen atoms in total. The van der Waals surface area contributed by atoms with Gasteiger partial charge in [-0.1, -0.05) is 27.7 Å². The molecule has 8 heteroatoms. The van der Waals surface area contributed by atoms with Crippen LogP contribution in [0.25, 0.3) is 0 Å². The molecule has 3 rings (SSSR count). The van der Waals surface area contributed by atoms with Gasteiger partial charge in [-0.15, -0.1) is 11.3 Å². The van der Waals surface area contributed by atoms with E-state index in [2.05, 4.69) is 27.7 Å². The Kier molecular flexibility index (Phi) is 8.18. The van der Waals surface area contributed by atoms with Crippen LogP contribution >= 0.6 is 18.7 Å². The van der Waals surface area contributed by atoms with Crippen LogP contribution in [0.15, 0.2) is 6.07 Å². The lowest BCUT2D eigenvalue weighted by Crippen LogP contribution is -2.47. The first kappa shape index (κ1) is 26.4. The fraction of sp³-hybridized carbons (Fsp3) is 0.760. The number of aromatic carboxylic acids is 1. The molecule has 2 aliphatic carbocycles. The predicted molar refractivity (Wildman–Crippen MR) is 135 cm³/mol. The third-order valence-electron chi connectivity index (χ3n) is 6.92. The van der Waals surface area contributed by atoms with Crippen molar-refractivity contribution in [2.45, 2.75) is 96.6 Å². The zero-order valence-electron chi connectivity index (χ0n) is 20.9. The van der Waals surface area contributed by atoms with Crippen molar-refractivity contribution < 1.29 is 23.8 Å². The van der Waals surface area contributed by atoms with Crippen LogP contribution in [0.1, 0.15) is 93.6 Å². The van der Waals surface area contributed by atoms with E-state index in [0.29, 0.717) is 11.6 Å². The zero-order chi connectivity index (χ0) is 24.6. The highest BCUT2D eigenvalue weighted by Crippen LogP contribution is 2.45. The van der Waals surface area contributed by atoms with Crippen molar-refractivity contribution in [3.8, 4) is 0 Å². The molecule has 1 N–H and O–H groups in total. The van der Waals surface area contributed by atoms with Crippen molar-refractivity contribution in [2.24, 2.45) is 11.8 Å². The Labute approximate surface area is 202 Å². The summed E-state index contributed by atoms with van der Waals surface area (Å²) in [6, 6.07) is 1.87. The number of hydrogen-bond acceptors (Lipinski definition) is 5. The van der Waals surface area contributed by atoms with E-state index in [9.17, 15) is 19.3 Å². The van der Waals surface area contributed by atoms with Crippen LogP contribution < -0.4 is 4.90 Å². The molecule has 0 spiro atoms. The number of anilines is 1. The van der Waals surface area contributed by atoms with Crippen LogP contribution in [0.5, 0.6) is 0 Å². The first-order valence-electron chi connectivity index (χ1n) is 12.2. The second-order valence-corrected chi connectivity index (χ2v) is 15.1. The first-order chi connectivity index (χ1) is 15.3. The van der Waals surface area contributed by atoms with E-state index < -0.39 is 13.3 Å². The van der Waals surface area contributed by atoms with Gasteiger partial charge in [0.15, 0.2) is 7.37 Å². The Hall–Kier alpha value is -1.17. The van der Waals surface area contributed by atoms with Crippen molar-refractivity contribution in [1.29, 1.82) is 0 Å². The minimum absolute atomic E-state index is 0.0543. The lowest BCUT2D eigenvalue weighted by molar-refractivity contribution is -0.124. The van der Waals surface area contributed by atoms with Crippen LogP contribution in [0.2, 0.25) is 0 Å². The van der Waals surface area contributed by atoms with Crippen molar-refractivity contribution in [3.63, 3.8) is 0 Å². The second-order valence-electron chi connectivity index (χ2n) is 11.3. The predicted octanol–water partition coefficient (Wildman–Crippen LogP) is 6.77. The van der Waals surface area contributed by atoms with E-state index in [4.69, 9.17) is 4.52 Å². The lowest BCUT2D eigenvalue weighted by Gasteiger charge is -2.39. The molecule has 0 saturated heterocycles. The van der Waals surface area contributed by atoms with Gasteiger partial charge in [-0.2, -0.15) is 0 Å². The molecule has 186 valence electrons. The van der Waals surface area contributed by atoms with Crippen molar-refractivity contribution >= 4 is 36.3 Å². The number of nitrogens with zero attached hydrogens (tertiary/aromatic N) is 1. The Morgan fingerprint density at radius 2 is 1.64 bits per heavy atom. The molecule has 0 aromatic carbocycles. The lowest BCUT2D eigenvalue weighted by atomic mass is 9.81. The molecular formula is C25H40NO5PS. The summed E-state index contributed by atoms with van der Waals surface area (Å²) in [5, 5.41) is 10.0. The van der Waals surface area contributed by atoms with E-state index in [1.165, 1.54) is 11.3 Å².